The summed E-state index contributed by atoms with van der Waals surface area (Å²) in [6.45, 7) is 2.14. The molecule has 0 bridgehead atoms. The molecule has 2 aromatic rings. The maximum absolute atomic E-state index is 11.3. The number of carbonyl (C=O) groups is 1. The summed E-state index contributed by atoms with van der Waals surface area (Å²) < 4.78 is 2.18. The lowest BCUT2D eigenvalue weighted by molar-refractivity contribution is 0.0699. The van der Waals surface area contributed by atoms with E-state index < -0.39 is 5.97 Å². The van der Waals surface area contributed by atoms with E-state index >= 15 is 0 Å². The molecule has 21 heavy (non-hydrogen) atoms. The Labute approximate surface area is 125 Å². The molecule has 0 spiro atoms. The van der Waals surface area contributed by atoms with Gasteiger partial charge in [-0.25, -0.2) is 4.79 Å². The average molecular weight is 286 g/mol. The average Bonchev–Trinajstić information content (AvgIpc) is 2.89. The van der Waals surface area contributed by atoms with Crippen molar-refractivity contribution in [1.29, 1.82) is 0 Å². The topological polar surface area (TPSA) is 45.5 Å². The number of hydrogen-bond acceptors (Lipinski definition) is 2. The van der Waals surface area contributed by atoms with E-state index in [0.29, 0.717) is 11.6 Å². The molecule has 1 saturated heterocycles. The summed E-state index contributed by atoms with van der Waals surface area (Å²) in [7, 11) is 2.21. The highest BCUT2D eigenvalue weighted by atomic mass is 16.4. The zero-order chi connectivity index (χ0) is 14.8. The van der Waals surface area contributed by atoms with Crippen LogP contribution in [0.1, 0.15) is 36.0 Å². The molecule has 1 aromatic carbocycles. The SMILES string of the molecule is CN1CCCCC1CCn1ccc2c(C(=O)O)cccc21. The van der Waals surface area contributed by atoms with Gasteiger partial charge in [-0.05, 0) is 51.1 Å². The van der Waals surface area contributed by atoms with E-state index in [4.69, 9.17) is 0 Å². The Bertz CT molecular complexity index is 647. The van der Waals surface area contributed by atoms with Crippen molar-refractivity contribution in [3.8, 4) is 0 Å². The fraction of sp³-hybridized carbons (Fsp3) is 0.471. The number of hydrogen-bond donors (Lipinski definition) is 1. The normalized spacial score (nSPS) is 20.0. The molecular weight excluding hydrogens is 264 g/mol. The molecule has 1 N–H and O–H groups in total. The number of carboxylic acids is 1. The molecule has 3 rings (SSSR count). The van der Waals surface area contributed by atoms with Crippen LogP contribution < -0.4 is 0 Å². The lowest BCUT2D eigenvalue weighted by Crippen LogP contribution is -2.36. The summed E-state index contributed by atoms with van der Waals surface area (Å²) in [6, 6.07) is 8.08. The van der Waals surface area contributed by atoms with Crippen LogP contribution >= 0.6 is 0 Å². The van der Waals surface area contributed by atoms with E-state index in [2.05, 4.69) is 16.5 Å². The highest BCUT2D eigenvalue weighted by molar-refractivity contribution is 6.02. The van der Waals surface area contributed by atoms with Gasteiger partial charge in [0, 0.05) is 29.7 Å². The lowest BCUT2D eigenvalue weighted by Gasteiger charge is -2.32. The molecule has 1 unspecified atom stereocenters. The van der Waals surface area contributed by atoms with Crippen molar-refractivity contribution in [3.05, 3.63) is 36.0 Å². The van der Waals surface area contributed by atoms with Crippen LogP contribution in [0.4, 0.5) is 0 Å². The van der Waals surface area contributed by atoms with Crippen LogP contribution in [-0.4, -0.2) is 40.2 Å². The summed E-state index contributed by atoms with van der Waals surface area (Å²) in [5.74, 6) is -0.856. The van der Waals surface area contributed by atoms with Crippen molar-refractivity contribution in [2.45, 2.75) is 38.3 Å². The molecule has 0 saturated carbocycles. The van der Waals surface area contributed by atoms with Crippen LogP contribution in [0, 0.1) is 0 Å². The minimum Gasteiger partial charge on any atom is -0.478 e. The molecule has 0 radical (unpaired) electrons. The Hall–Kier alpha value is -1.81. The third-order valence-electron chi connectivity index (χ3n) is 4.67. The zero-order valence-electron chi connectivity index (χ0n) is 12.5. The number of rotatable bonds is 4. The summed E-state index contributed by atoms with van der Waals surface area (Å²) in [6.07, 6.45) is 7.04. The molecule has 4 heteroatoms. The van der Waals surface area contributed by atoms with Gasteiger partial charge in [0.05, 0.1) is 5.56 Å². The van der Waals surface area contributed by atoms with Crippen LogP contribution in [0.3, 0.4) is 0 Å². The lowest BCUT2D eigenvalue weighted by atomic mass is 10.0. The first-order valence-corrected chi connectivity index (χ1v) is 7.68. The molecule has 112 valence electrons. The minimum atomic E-state index is -0.856. The predicted molar refractivity (Wildman–Crippen MR) is 83.8 cm³/mol. The molecule has 0 aliphatic carbocycles. The number of aromatic nitrogens is 1. The molecular formula is C17H22N2O2. The van der Waals surface area contributed by atoms with Crippen molar-refractivity contribution in [3.63, 3.8) is 0 Å². The van der Waals surface area contributed by atoms with Gasteiger partial charge < -0.3 is 14.6 Å². The van der Waals surface area contributed by atoms with Gasteiger partial charge in [0.15, 0.2) is 0 Å². The smallest absolute Gasteiger partial charge is 0.336 e. The number of nitrogens with zero attached hydrogens (tertiary/aromatic N) is 2. The van der Waals surface area contributed by atoms with E-state index in [0.717, 1.165) is 23.9 Å². The van der Waals surface area contributed by atoms with Crippen LogP contribution in [0.25, 0.3) is 10.9 Å². The summed E-state index contributed by atoms with van der Waals surface area (Å²) in [5, 5.41) is 10.1. The molecule has 4 nitrogen and oxygen atoms in total. The largest absolute Gasteiger partial charge is 0.478 e. The standard InChI is InChI=1S/C17H22N2O2/c1-18-10-3-2-5-13(18)8-11-19-12-9-14-15(17(20)21)6-4-7-16(14)19/h4,6-7,9,12-13H,2-3,5,8,10-11H2,1H3,(H,20,21). The van der Waals surface area contributed by atoms with Gasteiger partial charge >= 0.3 is 5.97 Å². The zero-order valence-corrected chi connectivity index (χ0v) is 12.5. The first-order chi connectivity index (χ1) is 10.2. The Morgan fingerprint density at radius 1 is 1.33 bits per heavy atom. The van der Waals surface area contributed by atoms with E-state index in [9.17, 15) is 9.90 Å². The molecule has 0 amide bonds. The molecule has 2 heterocycles. The van der Waals surface area contributed by atoms with Crippen LogP contribution in [0.15, 0.2) is 30.5 Å². The van der Waals surface area contributed by atoms with Gasteiger partial charge in [-0.3, -0.25) is 0 Å². The van der Waals surface area contributed by atoms with Crippen molar-refractivity contribution in [1.82, 2.24) is 9.47 Å². The Balaban J connectivity index is 1.78. The van der Waals surface area contributed by atoms with Gasteiger partial charge in [0.2, 0.25) is 0 Å². The van der Waals surface area contributed by atoms with Crippen LogP contribution in [-0.2, 0) is 6.54 Å². The summed E-state index contributed by atoms with van der Waals surface area (Å²) >= 11 is 0. The first kappa shape index (κ1) is 14.1. The fourth-order valence-corrected chi connectivity index (χ4v) is 3.40. The van der Waals surface area contributed by atoms with Gasteiger partial charge in [-0.15, -0.1) is 0 Å². The molecule has 1 aliphatic heterocycles. The maximum Gasteiger partial charge on any atom is 0.336 e. The third kappa shape index (κ3) is 2.81. The maximum atomic E-state index is 11.3. The number of piperidine rings is 1. The Morgan fingerprint density at radius 3 is 2.95 bits per heavy atom. The van der Waals surface area contributed by atoms with Gasteiger partial charge in [-0.2, -0.15) is 0 Å². The molecule has 1 aliphatic rings. The first-order valence-electron chi connectivity index (χ1n) is 7.68. The second-order valence-corrected chi connectivity index (χ2v) is 5.97. The number of aromatic carboxylic acids is 1. The second kappa shape index (κ2) is 5.90. The van der Waals surface area contributed by atoms with E-state index in [1.807, 2.05) is 24.4 Å². The fourth-order valence-electron chi connectivity index (χ4n) is 3.40. The number of likely N-dealkylation sites (tertiary alicyclic amines) is 1. The molecule has 1 fully saturated rings. The van der Waals surface area contributed by atoms with Gasteiger partial charge in [0.1, 0.15) is 0 Å². The molecule has 1 atom stereocenters. The third-order valence-corrected chi connectivity index (χ3v) is 4.67. The summed E-state index contributed by atoms with van der Waals surface area (Å²) in [5.41, 5.74) is 1.41. The van der Waals surface area contributed by atoms with Crippen LogP contribution in [0.5, 0.6) is 0 Å². The minimum absolute atomic E-state index is 0.390. The van der Waals surface area contributed by atoms with Crippen molar-refractivity contribution >= 4 is 16.9 Å². The quantitative estimate of drug-likeness (QED) is 0.938. The van der Waals surface area contributed by atoms with Crippen molar-refractivity contribution in [2.75, 3.05) is 13.6 Å². The highest BCUT2D eigenvalue weighted by Gasteiger charge is 2.19. The number of fused-ring (bicyclic) bond motifs is 1. The Morgan fingerprint density at radius 2 is 2.19 bits per heavy atom. The van der Waals surface area contributed by atoms with Crippen molar-refractivity contribution in [2.24, 2.45) is 0 Å². The number of benzene rings is 1. The monoisotopic (exact) mass is 286 g/mol. The second-order valence-electron chi connectivity index (χ2n) is 5.97. The Kier molecular flexibility index (Phi) is 3.97. The van der Waals surface area contributed by atoms with Crippen LogP contribution in [0.2, 0.25) is 0 Å². The van der Waals surface area contributed by atoms with E-state index in [1.54, 1.807) is 6.07 Å². The summed E-state index contributed by atoms with van der Waals surface area (Å²) in [4.78, 5) is 13.7. The highest BCUT2D eigenvalue weighted by Crippen LogP contribution is 2.23. The van der Waals surface area contributed by atoms with E-state index in [-0.39, 0.29) is 0 Å². The molecule has 1 aromatic heterocycles. The van der Waals surface area contributed by atoms with Gasteiger partial charge in [-0.1, -0.05) is 12.5 Å². The van der Waals surface area contributed by atoms with Gasteiger partial charge in [0.25, 0.3) is 0 Å². The number of carboxylic acid groups (broad SMARTS) is 1. The predicted octanol–water partition coefficient (Wildman–Crippen LogP) is 3.21. The van der Waals surface area contributed by atoms with E-state index in [1.165, 1.54) is 25.8 Å². The number of aryl methyl sites for hydroxylation is 1. The van der Waals surface area contributed by atoms with Crippen molar-refractivity contribution < 1.29 is 9.90 Å².